The number of benzene rings is 2. The summed E-state index contributed by atoms with van der Waals surface area (Å²) in [5.74, 6) is 4.20. The van der Waals surface area contributed by atoms with Crippen molar-refractivity contribution in [3.05, 3.63) is 73.3 Å². The summed E-state index contributed by atoms with van der Waals surface area (Å²) in [6, 6.07) is 15.8. The van der Waals surface area contributed by atoms with Crippen LogP contribution in [0, 0.1) is 0 Å². The average Bonchev–Trinajstić information content (AvgIpc) is 3.16. The lowest BCUT2D eigenvalue weighted by atomic mass is 10.1. The number of ether oxygens (including phenoxy) is 7. The molecule has 12 heterocycles. The molecule has 0 spiro atoms. The predicted molar refractivity (Wildman–Crippen MR) is 191 cm³/mol. The summed E-state index contributed by atoms with van der Waals surface area (Å²) in [6.07, 6.45) is 17.6. The van der Waals surface area contributed by atoms with Crippen LogP contribution in [-0.2, 0) is 14.2 Å². The molecule has 268 valence electrons. The van der Waals surface area contributed by atoms with E-state index < -0.39 is 0 Å². The Morgan fingerprint density at radius 3 is 0.960 bits per heavy atom. The van der Waals surface area contributed by atoms with Crippen molar-refractivity contribution in [1.82, 2.24) is 19.9 Å². The maximum atomic E-state index is 5.96. The monoisotopic (exact) mass is 686 g/mol. The van der Waals surface area contributed by atoms with Gasteiger partial charge in [-0.2, -0.15) is 0 Å². The van der Waals surface area contributed by atoms with E-state index in [9.17, 15) is 0 Å². The molecule has 11 heteroatoms. The minimum atomic E-state index is 0.397. The van der Waals surface area contributed by atoms with Crippen molar-refractivity contribution in [2.24, 2.45) is 0 Å². The molecular formula is C39H50N4O7. The van der Waals surface area contributed by atoms with Gasteiger partial charge in [0.25, 0.3) is 0 Å². The van der Waals surface area contributed by atoms with Gasteiger partial charge in [0.05, 0.1) is 77.6 Å². The van der Waals surface area contributed by atoms with Crippen LogP contribution < -0.4 is 18.9 Å². The second kappa shape index (κ2) is 22.4. The smallest absolute Gasteiger partial charge is 0.159 e. The Labute approximate surface area is 295 Å². The minimum absolute atomic E-state index is 0.397. The van der Waals surface area contributed by atoms with Crippen molar-refractivity contribution < 1.29 is 33.2 Å². The third-order valence-corrected chi connectivity index (χ3v) is 8.04. The zero-order valence-corrected chi connectivity index (χ0v) is 29.0. The number of nitrogens with zero attached hydrogens (tertiary/aromatic N) is 4. The van der Waals surface area contributed by atoms with Gasteiger partial charge in [-0.05, 0) is 61.4 Å². The molecular weight excluding hydrogens is 636 g/mol. The van der Waals surface area contributed by atoms with Gasteiger partial charge in [0.15, 0.2) is 23.1 Å². The van der Waals surface area contributed by atoms with Crippen molar-refractivity contribution in [2.75, 3.05) is 66.1 Å². The fraction of sp³-hybridized carbons (Fsp3) is 0.487. The largest absolute Gasteiger partial charge is 0.494 e. The van der Waals surface area contributed by atoms with Crippen molar-refractivity contribution in [3.63, 3.8) is 0 Å². The summed E-state index contributed by atoms with van der Waals surface area (Å²) in [5.41, 5.74) is 1.86. The van der Waals surface area contributed by atoms with Gasteiger partial charge >= 0.3 is 0 Å². The summed E-state index contributed by atoms with van der Waals surface area (Å²) in [5, 5.41) is 0. The fourth-order valence-corrected chi connectivity index (χ4v) is 5.28. The average molecular weight is 687 g/mol. The molecule has 0 fully saturated rings. The van der Waals surface area contributed by atoms with E-state index in [4.69, 9.17) is 33.2 Å². The Morgan fingerprint density at radius 2 is 0.600 bits per heavy atom. The van der Waals surface area contributed by atoms with Crippen LogP contribution in [0.1, 0.15) is 57.8 Å². The fourth-order valence-electron chi connectivity index (χ4n) is 5.28. The van der Waals surface area contributed by atoms with Crippen molar-refractivity contribution in [1.29, 1.82) is 0 Å². The molecule has 10 aliphatic rings. The van der Waals surface area contributed by atoms with Gasteiger partial charge in [-0.1, -0.05) is 44.9 Å². The van der Waals surface area contributed by atoms with E-state index in [0.717, 1.165) is 48.7 Å². The second-order valence-corrected chi connectivity index (χ2v) is 11.9. The third-order valence-electron chi connectivity index (χ3n) is 8.04. The molecule has 4 aromatic rings. The highest BCUT2D eigenvalue weighted by Crippen LogP contribution is 2.22. The van der Waals surface area contributed by atoms with Gasteiger partial charge in [-0.15, -0.1) is 0 Å². The van der Waals surface area contributed by atoms with E-state index in [2.05, 4.69) is 19.9 Å². The van der Waals surface area contributed by atoms with Crippen LogP contribution in [0.2, 0.25) is 0 Å². The quantitative estimate of drug-likeness (QED) is 0.184. The lowest BCUT2D eigenvalue weighted by Crippen LogP contribution is -2.14. The van der Waals surface area contributed by atoms with Crippen LogP contribution in [0.15, 0.2) is 73.3 Å². The first-order chi connectivity index (χ1) is 24.8. The third kappa shape index (κ3) is 13.9. The first-order valence-corrected chi connectivity index (χ1v) is 17.9. The van der Waals surface area contributed by atoms with Gasteiger partial charge in [-0.25, -0.2) is 19.9 Å². The second-order valence-electron chi connectivity index (χ2n) is 11.9. The molecule has 0 aliphatic carbocycles. The molecule has 50 heavy (non-hydrogen) atoms. The summed E-state index contributed by atoms with van der Waals surface area (Å²) >= 11 is 0. The first-order valence-electron chi connectivity index (χ1n) is 17.9. The predicted octanol–water partition coefficient (Wildman–Crippen LogP) is 7.39. The topological polar surface area (TPSA) is 116 Å². The maximum Gasteiger partial charge on any atom is 0.159 e. The van der Waals surface area contributed by atoms with Crippen molar-refractivity contribution >= 4 is 0 Å². The summed E-state index contributed by atoms with van der Waals surface area (Å²) < 4.78 is 40.1. The Hall–Kier alpha value is -4.32. The molecule has 0 amide bonds. The number of hydrogen-bond donors (Lipinski definition) is 0. The minimum Gasteiger partial charge on any atom is -0.494 e. The molecule has 0 N–H and O–H groups in total. The van der Waals surface area contributed by atoms with E-state index in [0.29, 0.717) is 76.0 Å². The van der Waals surface area contributed by atoms with E-state index in [-0.39, 0.29) is 0 Å². The molecule has 0 radical (unpaired) electrons. The molecule has 8 bridgehead atoms. The van der Waals surface area contributed by atoms with Gasteiger partial charge in [-0.3, -0.25) is 0 Å². The van der Waals surface area contributed by atoms with E-state index in [1.807, 2.05) is 48.5 Å². The Bertz CT molecular complexity index is 1230. The van der Waals surface area contributed by atoms with Crippen LogP contribution in [0.5, 0.6) is 23.0 Å². The van der Waals surface area contributed by atoms with Crippen LogP contribution in [0.4, 0.5) is 0 Å². The van der Waals surface area contributed by atoms with Crippen LogP contribution in [-0.4, -0.2) is 86.0 Å². The zero-order valence-electron chi connectivity index (χ0n) is 29.0. The zero-order chi connectivity index (χ0) is 34.3. The number of aromatic nitrogens is 4. The lowest BCUT2D eigenvalue weighted by molar-refractivity contribution is 0.00493. The first kappa shape index (κ1) is 36.9. The molecule has 11 nitrogen and oxygen atoms in total. The molecule has 10 aliphatic heterocycles. The molecule has 0 atom stereocenters. The van der Waals surface area contributed by atoms with Gasteiger partial charge in [0.1, 0.15) is 24.7 Å². The van der Waals surface area contributed by atoms with Crippen LogP contribution in [0.3, 0.4) is 0 Å². The molecule has 0 saturated heterocycles. The van der Waals surface area contributed by atoms with Gasteiger partial charge in [0.2, 0.25) is 0 Å². The Kier molecular flexibility index (Phi) is 16.6. The van der Waals surface area contributed by atoms with E-state index >= 15 is 0 Å². The Morgan fingerprint density at radius 1 is 0.300 bits per heavy atom. The highest BCUT2D eigenvalue weighted by atomic mass is 16.6. The summed E-state index contributed by atoms with van der Waals surface area (Å²) in [7, 11) is 0. The summed E-state index contributed by atoms with van der Waals surface area (Å²) in [4.78, 5) is 17.8. The molecule has 2 aromatic carbocycles. The normalized spacial score (nSPS) is 17.3. The van der Waals surface area contributed by atoms with Crippen molar-refractivity contribution in [2.45, 2.75) is 57.8 Å². The lowest BCUT2D eigenvalue weighted by Gasteiger charge is -2.09. The van der Waals surface area contributed by atoms with Gasteiger partial charge in [0, 0.05) is 11.1 Å². The van der Waals surface area contributed by atoms with E-state index in [1.54, 1.807) is 24.8 Å². The van der Waals surface area contributed by atoms with Crippen LogP contribution in [0.25, 0.3) is 22.8 Å². The van der Waals surface area contributed by atoms with E-state index in [1.165, 1.54) is 44.9 Å². The highest BCUT2D eigenvalue weighted by molar-refractivity contribution is 5.57. The molecule has 0 saturated carbocycles. The van der Waals surface area contributed by atoms with Crippen molar-refractivity contribution in [3.8, 4) is 45.8 Å². The Balaban J connectivity index is 1.02. The number of rotatable bonds is 0. The molecule has 0 unspecified atom stereocenters. The van der Waals surface area contributed by atoms with Gasteiger partial charge < -0.3 is 33.2 Å². The standard InChI is InChI=1S/C39H50N4O7/c1-2-4-6-8-18-47-34-14-10-32(11-15-34)38-40-28-36(29-41-38)49-26-24-45-22-20-44-21-23-46-25-27-50-37-30-42-39(43-31-37)33-12-16-35(17-13-33)48-19-9-7-5-3-1/h10-17,28-31H,1-9,18-27H2. The number of hydrogen-bond acceptors (Lipinski definition) is 11. The summed E-state index contributed by atoms with van der Waals surface area (Å²) in [6.45, 7) is 5.01. The maximum absolute atomic E-state index is 5.96. The molecule has 2 aromatic heterocycles. The van der Waals surface area contributed by atoms with Crippen LogP contribution >= 0.6 is 0 Å². The highest BCUT2D eigenvalue weighted by Gasteiger charge is 2.06. The SMILES string of the molecule is c1cc2ccc1OCCCCCCCCCCCOc1ccc(cc1)-c1ncc(cn1)OCCOCCOCCOCCOc1cnc-2nc1. The molecule has 14 rings (SSSR count).